The molecule has 124 valence electrons. The predicted molar refractivity (Wildman–Crippen MR) is 89.9 cm³/mol. The van der Waals surface area contributed by atoms with E-state index in [1.54, 1.807) is 19.8 Å². The minimum absolute atomic E-state index is 0.0203. The summed E-state index contributed by atoms with van der Waals surface area (Å²) in [5, 5.41) is 3.33. The molecule has 1 aliphatic rings. The Morgan fingerprint density at radius 2 is 2.21 bits per heavy atom. The summed E-state index contributed by atoms with van der Waals surface area (Å²) >= 11 is 0. The number of para-hydroxylation sites is 1. The molecule has 24 heavy (non-hydrogen) atoms. The number of nitrogens with zero attached hydrogens (tertiary/aromatic N) is 4. The van der Waals surface area contributed by atoms with E-state index in [0.29, 0.717) is 12.4 Å². The molecule has 3 heterocycles. The van der Waals surface area contributed by atoms with Gasteiger partial charge in [0.05, 0.1) is 13.4 Å². The molecule has 0 amide bonds. The maximum absolute atomic E-state index is 5.73. The first-order valence-corrected chi connectivity index (χ1v) is 8.01. The third-order valence-electron chi connectivity index (χ3n) is 4.21. The molecule has 1 N–H and O–H groups in total. The lowest BCUT2D eigenvalue weighted by Crippen LogP contribution is -2.07. The van der Waals surface area contributed by atoms with E-state index in [9.17, 15) is 0 Å². The third kappa shape index (κ3) is 2.67. The highest BCUT2D eigenvalue weighted by atomic mass is 16.5. The minimum atomic E-state index is 0.0203. The predicted octanol–water partition coefficient (Wildman–Crippen LogP) is 2.76. The number of nitrogens with one attached hydrogen (secondary N) is 1. The molecule has 1 fully saturated rings. The van der Waals surface area contributed by atoms with Crippen molar-refractivity contribution in [3.63, 3.8) is 0 Å². The molecule has 0 unspecified atom stereocenters. The van der Waals surface area contributed by atoms with Crippen LogP contribution in [0.2, 0.25) is 0 Å². The summed E-state index contributed by atoms with van der Waals surface area (Å²) in [5.74, 6) is 1.56. The Morgan fingerprint density at radius 3 is 3.04 bits per heavy atom. The summed E-state index contributed by atoms with van der Waals surface area (Å²) in [4.78, 5) is 13.2. The maximum Gasteiger partial charge on any atom is 0.167 e. The largest absolute Gasteiger partial charge is 0.496 e. The molecule has 7 heteroatoms. The van der Waals surface area contributed by atoms with E-state index < -0.39 is 0 Å². The number of hydrogen-bond donors (Lipinski definition) is 1. The van der Waals surface area contributed by atoms with Gasteiger partial charge in [0.15, 0.2) is 17.0 Å². The molecular formula is C17H19N5O2. The molecule has 2 aromatic heterocycles. The molecule has 0 saturated carbocycles. The summed E-state index contributed by atoms with van der Waals surface area (Å²) in [5.41, 5.74) is 2.60. The van der Waals surface area contributed by atoms with Crippen molar-refractivity contribution < 1.29 is 9.47 Å². The third-order valence-corrected chi connectivity index (χ3v) is 4.21. The van der Waals surface area contributed by atoms with Crippen molar-refractivity contribution >= 4 is 17.0 Å². The van der Waals surface area contributed by atoms with Crippen LogP contribution in [0.5, 0.6) is 5.75 Å². The van der Waals surface area contributed by atoms with Gasteiger partial charge >= 0.3 is 0 Å². The number of ether oxygens (including phenoxy) is 2. The molecule has 0 spiro atoms. The number of methoxy groups -OCH3 is 1. The van der Waals surface area contributed by atoms with Gasteiger partial charge < -0.3 is 14.8 Å². The van der Waals surface area contributed by atoms with Crippen LogP contribution in [0.15, 0.2) is 36.9 Å². The molecule has 0 radical (unpaired) electrons. The fraction of sp³-hybridized carbons (Fsp3) is 0.353. The maximum atomic E-state index is 5.73. The fourth-order valence-corrected chi connectivity index (χ4v) is 3.00. The topological polar surface area (TPSA) is 74.1 Å². The van der Waals surface area contributed by atoms with Crippen molar-refractivity contribution in [3.8, 4) is 5.75 Å². The van der Waals surface area contributed by atoms with Gasteiger partial charge in [-0.15, -0.1) is 0 Å². The number of anilines is 1. The Labute approximate surface area is 139 Å². The van der Waals surface area contributed by atoms with Gasteiger partial charge in [-0.3, -0.25) is 4.57 Å². The fourth-order valence-electron chi connectivity index (χ4n) is 3.00. The van der Waals surface area contributed by atoms with E-state index in [0.717, 1.165) is 41.9 Å². The minimum Gasteiger partial charge on any atom is -0.496 e. The molecule has 4 rings (SSSR count). The van der Waals surface area contributed by atoms with E-state index >= 15 is 0 Å². The van der Waals surface area contributed by atoms with Crippen molar-refractivity contribution in [2.75, 3.05) is 19.0 Å². The average Bonchev–Trinajstić information content (AvgIpc) is 3.29. The Bertz CT molecular complexity index is 842. The molecule has 1 aliphatic heterocycles. The van der Waals surface area contributed by atoms with Crippen molar-refractivity contribution in [1.82, 2.24) is 19.5 Å². The van der Waals surface area contributed by atoms with Gasteiger partial charge in [0.1, 0.15) is 18.3 Å². The van der Waals surface area contributed by atoms with Gasteiger partial charge in [0.25, 0.3) is 0 Å². The Kier molecular flexibility index (Phi) is 4.00. The van der Waals surface area contributed by atoms with E-state index in [-0.39, 0.29) is 6.23 Å². The molecule has 3 aromatic rings. The summed E-state index contributed by atoms with van der Waals surface area (Å²) in [6.07, 6.45) is 5.41. The van der Waals surface area contributed by atoms with E-state index in [4.69, 9.17) is 9.47 Å². The van der Waals surface area contributed by atoms with Crippen molar-refractivity contribution in [2.24, 2.45) is 0 Å². The molecular weight excluding hydrogens is 306 g/mol. The van der Waals surface area contributed by atoms with Gasteiger partial charge in [0, 0.05) is 18.7 Å². The first kappa shape index (κ1) is 14.9. The van der Waals surface area contributed by atoms with Crippen LogP contribution in [0.25, 0.3) is 11.2 Å². The number of hydrogen-bond acceptors (Lipinski definition) is 6. The number of imidazole rings is 1. The van der Waals surface area contributed by atoms with Crippen LogP contribution >= 0.6 is 0 Å². The lowest BCUT2D eigenvalue weighted by atomic mass is 10.2. The zero-order valence-electron chi connectivity index (χ0n) is 13.5. The lowest BCUT2D eigenvalue weighted by Gasteiger charge is -2.12. The zero-order chi connectivity index (χ0) is 16.4. The standard InChI is InChI=1S/C17H19N5O2/c1-23-13-6-3-2-5-12(13)9-18-16-15-17(20-10-19-16)22(11-21-15)14-7-4-8-24-14/h2-3,5-6,10-11,14H,4,7-9H2,1H3,(H,18,19,20)/t14-/m1/s1. The highest BCUT2D eigenvalue weighted by Crippen LogP contribution is 2.28. The second kappa shape index (κ2) is 6.45. The van der Waals surface area contributed by atoms with Crippen molar-refractivity contribution in [2.45, 2.75) is 25.6 Å². The second-order valence-corrected chi connectivity index (χ2v) is 5.68. The van der Waals surface area contributed by atoms with E-state index in [1.165, 1.54) is 0 Å². The van der Waals surface area contributed by atoms with Crippen molar-refractivity contribution in [1.29, 1.82) is 0 Å². The summed E-state index contributed by atoms with van der Waals surface area (Å²) in [7, 11) is 1.67. The number of aromatic nitrogens is 4. The van der Waals surface area contributed by atoms with Gasteiger partial charge in [-0.25, -0.2) is 15.0 Å². The summed E-state index contributed by atoms with van der Waals surface area (Å²) < 4.78 is 13.1. The number of rotatable bonds is 5. The van der Waals surface area contributed by atoms with Crippen LogP contribution in [-0.4, -0.2) is 33.2 Å². The lowest BCUT2D eigenvalue weighted by molar-refractivity contribution is 0.0593. The number of benzene rings is 1. The van der Waals surface area contributed by atoms with Gasteiger partial charge in [0.2, 0.25) is 0 Å². The summed E-state index contributed by atoms with van der Waals surface area (Å²) in [6, 6.07) is 7.91. The second-order valence-electron chi connectivity index (χ2n) is 5.68. The SMILES string of the molecule is COc1ccccc1CNc1ncnc2c1ncn2[C@H]1CCCO1. The average molecular weight is 325 g/mol. The quantitative estimate of drug-likeness (QED) is 0.777. The van der Waals surface area contributed by atoms with E-state index in [1.807, 2.05) is 28.8 Å². The van der Waals surface area contributed by atoms with Crippen LogP contribution < -0.4 is 10.1 Å². The Hall–Kier alpha value is -2.67. The van der Waals surface area contributed by atoms with Gasteiger partial charge in [-0.2, -0.15) is 0 Å². The normalized spacial score (nSPS) is 17.3. The smallest absolute Gasteiger partial charge is 0.167 e. The highest BCUT2D eigenvalue weighted by molar-refractivity contribution is 5.82. The molecule has 1 aromatic carbocycles. The van der Waals surface area contributed by atoms with Crippen LogP contribution in [0.3, 0.4) is 0 Å². The Morgan fingerprint density at radius 1 is 1.29 bits per heavy atom. The summed E-state index contributed by atoms with van der Waals surface area (Å²) in [6.45, 7) is 1.39. The molecule has 7 nitrogen and oxygen atoms in total. The van der Waals surface area contributed by atoms with Gasteiger partial charge in [-0.1, -0.05) is 18.2 Å². The van der Waals surface area contributed by atoms with E-state index in [2.05, 4.69) is 20.3 Å². The number of fused-ring (bicyclic) bond motifs is 1. The first-order chi connectivity index (χ1) is 11.9. The molecule has 1 atom stereocenters. The van der Waals surface area contributed by atoms with Crippen LogP contribution in [-0.2, 0) is 11.3 Å². The van der Waals surface area contributed by atoms with Crippen molar-refractivity contribution in [3.05, 3.63) is 42.5 Å². The Balaban J connectivity index is 1.60. The molecule has 0 aliphatic carbocycles. The molecule has 0 bridgehead atoms. The highest BCUT2D eigenvalue weighted by Gasteiger charge is 2.21. The first-order valence-electron chi connectivity index (χ1n) is 8.01. The van der Waals surface area contributed by atoms with Crippen LogP contribution in [0, 0.1) is 0 Å². The van der Waals surface area contributed by atoms with Crippen LogP contribution in [0.4, 0.5) is 5.82 Å². The van der Waals surface area contributed by atoms with Gasteiger partial charge in [-0.05, 0) is 18.9 Å². The zero-order valence-corrected chi connectivity index (χ0v) is 13.5. The monoisotopic (exact) mass is 325 g/mol. The molecule has 1 saturated heterocycles. The van der Waals surface area contributed by atoms with Crippen LogP contribution in [0.1, 0.15) is 24.6 Å².